The van der Waals surface area contributed by atoms with Crippen molar-refractivity contribution in [3.05, 3.63) is 50.4 Å². The Labute approximate surface area is 135 Å². The second-order valence-electron chi connectivity index (χ2n) is 6.03. The van der Waals surface area contributed by atoms with Gasteiger partial charge in [0.05, 0.1) is 10.7 Å². The second kappa shape index (κ2) is 6.47. The van der Waals surface area contributed by atoms with Crippen LogP contribution in [-0.4, -0.2) is 11.0 Å². The third-order valence-corrected chi connectivity index (χ3v) is 4.96. The van der Waals surface area contributed by atoms with Crippen LogP contribution in [0.15, 0.2) is 24.3 Å². The summed E-state index contributed by atoms with van der Waals surface area (Å²) in [5, 5.41) is 5.53. The van der Waals surface area contributed by atoms with Crippen molar-refractivity contribution in [1.82, 2.24) is 10.3 Å². The molecule has 21 heavy (non-hydrogen) atoms. The zero-order valence-corrected chi connectivity index (χ0v) is 14.1. The van der Waals surface area contributed by atoms with Gasteiger partial charge < -0.3 is 5.32 Å². The summed E-state index contributed by atoms with van der Waals surface area (Å²) in [6, 6.07) is 8.59. The summed E-state index contributed by atoms with van der Waals surface area (Å²) < 4.78 is 0. The number of hydrogen-bond acceptors (Lipinski definition) is 3. The van der Waals surface area contributed by atoms with Crippen molar-refractivity contribution in [2.24, 2.45) is 0 Å². The molecule has 0 radical (unpaired) electrons. The van der Waals surface area contributed by atoms with E-state index in [1.54, 1.807) is 0 Å². The van der Waals surface area contributed by atoms with E-state index < -0.39 is 0 Å². The first-order valence-electron chi connectivity index (χ1n) is 7.58. The molecule has 1 N–H and O–H groups in total. The Bertz CT molecular complexity index is 617. The normalized spacial score (nSPS) is 14.9. The van der Waals surface area contributed by atoms with Gasteiger partial charge in [0, 0.05) is 34.8 Å². The fourth-order valence-corrected chi connectivity index (χ4v) is 3.76. The predicted octanol–water partition coefficient (Wildman–Crippen LogP) is 4.76. The lowest BCUT2D eigenvalue weighted by molar-refractivity contribution is 0.590. The van der Waals surface area contributed by atoms with Crippen molar-refractivity contribution in [1.29, 1.82) is 0 Å². The molecule has 0 saturated heterocycles. The Morgan fingerprint density at radius 2 is 2.19 bits per heavy atom. The molecule has 1 heterocycles. The highest BCUT2D eigenvalue weighted by atomic mass is 35.5. The minimum Gasteiger partial charge on any atom is -0.310 e. The highest BCUT2D eigenvalue weighted by Gasteiger charge is 2.29. The third kappa shape index (κ3) is 4.06. The summed E-state index contributed by atoms with van der Waals surface area (Å²) >= 11 is 7.92. The zero-order valence-electron chi connectivity index (χ0n) is 12.5. The SMILES string of the molecule is CC(C)NCc1sc(Cc2cccc(Cl)c2)nc1C1CC1. The Hall–Kier alpha value is -0.900. The van der Waals surface area contributed by atoms with Gasteiger partial charge >= 0.3 is 0 Å². The van der Waals surface area contributed by atoms with Crippen LogP contribution in [0.3, 0.4) is 0 Å². The van der Waals surface area contributed by atoms with Gasteiger partial charge in [-0.3, -0.25) is 0 Å². The van der Waals surface area contributed by atoms with Crippen molar-refractivity contribution in [2.45, 2.75) is 51.6 Å². The van der Waals surface area contributed by atoms with Gasteiger partial charge in [-0.2, -0.15) is 0 Å². The van der Waals surface area contributed by atoms with Gasteiger partial charge in [0.1, 0.15) is 0 Å². The molecule has 2 nitrogen and oxygen atoms in total. The van der Waals surface area contributed by atoms with Gasteiger partial charge in [0.25, 0.3) is 0 Å². The van der Waals surface area contributed by atoms with Crippen molar-refractivity contribution < 1.29 is 0 Å². The lowest BCUT2D eigenvalue weighted by Crippen LogP contribution is -2.21. The first-order chi connectivity index (χ1) is 10.1. The molecule has 0 unspecified atom stereocenters. The summed E-state index contributed by atoms with van der Waals surface area (Å²) in [5.41, 5.74) is 2.58. The molecule has 1 aliphatic carbocycles. The maximum Gasteiger partial charge on any atom is 0.0975 e. The van der Waals surface area contributed by atoms with Crippen LogP contribution in [0.1, 0.15) is 53.7 Å². The maximum atomic E-state index is 6.07. The van der Waals surface area contributed by atoms with E-state index in [0.717, 1.165) is 18.0 Å². The number of halogens is 1. The molecule has 1 aromatic heterocycles. The van der Waals surface area contributed by atoms with Crippen LogP contribution in [0.2, 0.25) is 5.02 Å². The Kier molecular flexibility index (Phi) is 4.63. The van der Waals surface area contributed by atoms with Crippen LogP contribution in [0.4, 0.5) is 0 Å². The average molecular weight is 321 g/mol. The van der Waals surface area contributed by atoms with E-state index >= 15 is 0 Å². The number of aromatic nitrogens is 1. The average Bonchev–Trinajstić information content (AvgIpc) is 3.19. The Balaban J connectivity index is 1.77. The molecule has 1 fully saturated rings. The van der Waals surface area contributed by atoms with E-state index in [1.807, 2.05) is 29.5 Å². The lowest BCUT2D eigenvalue weighted by atomic mass is 10.1. The first kappa shape index (κ1) is 15.0. The smallest absolute Gasteiger partial charge is 0.0975 e. The molecular formula is C17H21ClN2S. The maximum absolute atomic E-state index is 6.07. The number of hydrogen-bond donors (Lipinski definition) is 1. The molecule has 1 saturated carbocycles. The quantitative estimate of drug-likeness (QED) is 0.829. The number of benzene rings is 1. The molecule has 0 spiro atoms. The van der Waals surface area contributed by atoms with E-state index in [-0.39, 0.29) is 0 Å². The fourth-order valence-electron chi connectivity index (χ4n) is 2.41. The van der Waals surface area contributed by atoms with Crippen LogP contribution in [0.5, 0.6) is 0 Å². The number of thiazole rings is 1. The second-order valence-corrected chi connectivity index (χ2v) is 7.64. The summed E-state index contributed by atoms with van der Waals surface area (Å²) in [5.74, 6) is 0.707. The van der Waals surface area contributed by atoms with Crippen molar-refractivity contribution in [3.63, 3.8) is 0 Å². The van der Waals surface area contributed by atoms with E-state index in [2.05, 4.69) is 25.2 Å². The topological polar surface area (TPSA) is 24.9 Å². The molecule has 4 heteroatoms. The number of rotatable bonds is 6. The molecular weight excluding hydrogens is 300 g/mol. The molecule has 1 aliphatic rings. The van der Waals surface area contributed by atoms with Crippen LogP contribution in [0, 0.1) is 0 Å². The summed E-state index contributed by atoms with van der Waals surface area (Å²) in [7, 11) is 0. The van der Waals surface area contributed by atoms with E-state index in [9.17, 15) is 0 Å². The van der Waals surface area contributed by atoms with E-state index in [1.165, 1.54) is 34.0 Å². The first-order valence-corrected chi connectivity index (χ1v) is 8.77. The highest BCUT2D eigenvalue weighted by molar-refractivity contribution is 7.11. The van der Waals surface area contributed by atoms with Gasteiger partial charge in [0.2, 0.25) is 0 Å². The van der Waals surface area contributed by atoms with E-state index in [0.29, 0.717) is 12.0 Å². The standard InChI is InChI=1S/C17H21ClN2S/c1-11(2)19-10-15-17(13-6-7-13)20-16(21-15)9-12-4-3-5-14(18)8-12/h3-5,8,11,13,19H,6-7,9-10H2,1-2H3. The van der Waals surface area contributed by atoms with Gasteiger partial charge in [-0.15, -0.1) is 11.3 Å². The molecule has 2 aromatic rings. The van der Waals surface area contributed by atoms with Crippen LogP contribution in [0.25, 0.3) is 0 Å². The highest BCUT2D eigenvalue weighted by Crippen LogP contribution is 2.43. The van der Waals surface area contributed by atoms with Crippen LogP contribution < -0.4 is 5.32 Å². The zero-order chi connectivity index (χ0) is 14.8. The summed E-state index contributed by atoms with van der Waals surface area (Å²) in [4.78, 5) is 6.33. The van der Waals surface area contributed by atoms with Crippen molar-refractivity contribution >= 4 is 22.9 Å². The molecule has 0 bridgehead atoms. The molecule has 0 amide bonds. The monoisotopic (exact) mass is 320 g/mol. The molecule has 3 rings (SSSR count). The molecule has 1 aromatic carbocycles. The van der Waals surface area contributed by atoms with Gasteiger partial charge in [-0.1, -0.05) is 37.6 Å². The van der Waals surface area contributed by atoms with E-state index in [4.69, 9.17) is 16.6 Å². The molecule has 0 aliphatic heterocycles. The van der Waals surface area contributed by atoms with Crippen molar-refractivity contribution in [3.8, 4) is 0 Å². The summed E-state index contributed by atoms with van der Waals surface area (Å²) in [6.07, 6.45) is 3.48. The largest absolute Gasteiger partial charge is 0.310 e. The predicted molar refractivity (Wildman–Crippen MR) is 90.3 cm³/mol. The minimum atomic E-state index is 0.510. The lowest BCUT2D eigenvalue weighted by Gasteiger charge is -2.07. The Morgan fingerprint density at radius 3 is 2.86 bits per heavy atom. The van der Waals surface area contributed by atoms with Gasteiger partial charge in [0.15, 0.2) is 0 Å². The fraction of sp³-hybridized carbons (Fsp3) is 0.471. The minimum absolute atomic E-state index is 0.510. The third-order valence-electron chi connectivity index (χ3n) is 3.65. The molecule has 0 atom stereocenters. The van der Waals surface area contributed by atoms with Crippen LogP contribution in [-0.2, 0) is 13.0 Å². The van der Waals surface area contributed by atoms with Gasteiger partial charge in [-0.25, -0.2) is 4.98 Å². The molecule has 112 valence electrons. The summed E-state index contributed by atoms with van der Waals surface area (Å²) in [6.45, 7) is 5.31. The number of nitrogens with zero attached hydrogens (tertiary/aromatic N) is 1. The Morgan fingerprint density at radius 1 is 1.38 bits per heavy atom. The van der Waals surface area contributed by atoms with Crippen molar-refractivity contribution in [2.75, 3.05) is 0 Å². The van der Waals surface area contributed by atoms with Crippen LogP contribution >= 0.6 is 22.9 Å². The number of nitrogens with one attached hydrogen (secondary N) is 1. The van der Waals surface area contributed by atoms with Gasteiger partial charge in [-0.05, 0) is 30.5 Å².